The fourth-order valence-corrected chi connectivity index (χ4v) is 5.30. The highest BCUT2D eigenvalue weighted by molar-refractivity contribution is 7.92. The van der Waals surface area contributed by atoms with Gasteiger partial charge < -0.3 is 15.6 Å². The lowest BCUT2D eigenvalue weighted by atomic mass is 10.1. The zero-order valence-corrected chi connectivity index (χ0v) is 21.4. The maximum atomic E-state index is 13.0. The molecule has 0 spiro atoms. The third kappa shape index (κ3) is 5.09. The number of nitrogens with one attached hydrogen (secondary N) is 3. The highest BCUT2D eigenvalue weighted by Crippen LogP contribution is 2.27. The molecule has 2 aromatic carbocycles. The Kier molecular flexibility index (Phi) is 6.84. The van der Waals surface area contributed by atoms with Crippen LogP contribution in [0.2, 0.25) is 0 Å². The number of anilines is 2. The van der Waals surface area contributed by atoms with Gasteiger partial charge in [0.1, 0.15) is 0 Å². The molecule has 0 saturated carbocycles. The average Bonchev–Trinajstić information content (AvgIpc) is 3.37. The third-order valence-corrected chi connectivity index (χ3v) is 7.55. The predicted octanol–water partition coefficient (Wildman–Crippen LogP) is 3.83. The number of pyridine rings is 1. The number of nitrogens with zero attached hydrogens (tertiary/aromatic N) is 4. The van der Waals surface area contributed by atoms with Crippen molar-refractivity contribution in [1.29, 1.82) is 5.41 Å². The van der Waals surface area contributed by atoms with Crippen molar-refractivity contribution in [3.8, 4) is 11.1 Å². The summed E-state index contributed by atoms with van der Waals surface area (Å²) in [4.78, 5) is 27.0. The van der Waals surface area contributed by atoms with Crippen LogP contribution >= 0.6 is 0 Å². The minimum absolute atomic E-state index is 0.0436. The van der Waals surface area contributed by atoms with Gasteiger partial charge in [-0.2, -0.15) is 0 Å². The first-order valence-corrected chi connectivity index (χ1v) is 13.4. The first-order chi connectivity index (χ1) is 18.4. The molecule has 192 valence electrons. The first kappa shape index (κ1) is 25.0. The van der Waals surface area contributed by atoms with Crippen LogP contribution in [0.3, 0.4) is 0 Å². The number of benzene rings is 2. The molecule has 0 unspecified atom stereocenters. The predicted molar refractivity (Wildman–Crippen MR) is 147 cm³/mol. The van der Waals surface area contributed by atoms with Gasteiger partial charge in [-0.3, -0.25) is 19.5 Å². The van der Waals surface area contributed by atoms with Crippen LogP contribution in [-0.2, 0) is 14.8 Å². The highest BCUT2D eigenvalue weighted by Gasteiger charge is 2.22. The lowest BCUT2D eigenvalue weighted by Gasteiger charge is -2.16. The Morgan fingerprint density at radius 1 is 1.03 bits per heavy atom. The number of rotatable bonds is 8. The number of carbonyl (C=O) groups excluding carboxylic acids is 1. The van der Waals surface area contributed by atoms with Crippen LogP contribution in [0.4, 0.5) is 11.4 Å². The van der Waals surface area contributed by atoms with Gasteiger partial charge in [0.15, 0.2) is 0 Å². The van der Waals surface area contributed by atoms with Gasteiger partial charge in [0.05, 0.1) is 39.7 Å². The lowest BCUT2D eigenvalue weighted by molar-refractivity contribution is -0.117. The van der Waals surface area contributed by atoms with Gasteiger partial charge in [-0.25, -0.2) is 13.4 Å². The van der Waals surface area contributed by atoms with E-state index in [-0.39, 0.29) is 10.8 Å². The Morgan fingerprint density at radius 3 is 2.55 bits per heavy atom. The second-order valence-electron chi connectivity index (χ2n) is 8.70. The normalized spacial score (nSPS) is 14.1. The van der Waals surface area contributed by atoms with E-state index < -0.39 is 10.0 Å². The molecule has 3 N–H and O–H groups in total. The summed E-state index contributed by atoms with van der Waals surface area (Å²) in [6.45, 7) is 0.639. The van der Waals surface area contributed by atoms with E-state index in [2.05, 4.69) is 25.0 Å². The fraction of sp³-hybridized carbons (Fsp3) is 0.148. The maximum absolute atomic E-state index is 13.0. The topological polar surface area (TPSA) is 141 Å². The molecule has 1 fully saturated rings. The Labute approximate surface area is 220 Å². The van der Waals surface area contributed by atoms with E-state index in [4.69, 9.17) is 5.41 Å². The van der Waals surface area contributed by atoms with E-state index in [1.165, 1.54) is 24.5 Å². The van der Waals surface area contributed by atoms with Crippen molar-refractivity contribution >= 4 is 50.1 Å². The molecule has 1 saturated heterocycles. The Morgan fingerprint density at radius 2 is 1.84 bits per heavy atom. The van der Waals surface area contributed by atoms with Crippen LogP contribution < -0.4 is 14.9 Å². The monoisotopic (exact) mass is 527 g/mol. The molecule has 0 bridgehead atoms. The molecule has 10 nitrogen and oxygen atoms in total. The van der Waals surface area contributed by atoms with Crippen molar-refractivity contribution in [3.63, 3.8) is 0 Å². The second kappa shape index (κ2) is 10.4. The average molecular weight is 528 g/mol. The molecule has 4 aromatic rings. The number of hydrogen-bond donors (Lipinski definition) is 3. The Hall–Kier alpha value is -4.64. The molecule has 1 aliphatic heterocycles. The molecule has 0 aliphatic carbocycles. The molecular weight excluding hydrogens is 502 g/mol. The number of amides is 1. The summed E-state index contributed by atoms with van der Waals surface area (Å²) >= 11 is 0. The largest absolute Gasteiger partial charge is 0.393 e. The molecular formula is C27H25N7O3S. The number of carbonyl (C=O) groups is 1. The molecule has 1 aliphatic rings. The smallest absolute Gasteiger partial charge is 0.261 e. The fourth-order valence-electron chi connectivity index (χ4n) is 4.27. The van der Waals surface area contributed by atoms with E-state index >= 15 is 0 Å². The van der Waals surface area contributed by atoms with E-state index in [1.54, 1.807) is 48.7 Å². The number of fused-ring (bicyclic) bond motifs is 1. The van der Waals surface area contributed by atoms with Crippen molar-refractivity contribution in [2.45, 2.75) is 17.7 Å². The van der Waals surface area contributed by atoms with Crippen molar-refractivity contribution in [1.82, 2.24) is 20.3 Å². The minimum atomic E-state index is -3.87. The summed E-state index contributed by atoms with van der Waals surface area (Å²) in [6, 6.07) is 13.5. The van der Waals surface area contributed by atoms with Crippen LogP contribution in [0.1, 0.15) is 18.5 Å². The van der Waals surface area contributed by atoms with Crippen LogP contribution in [0.25, 0.3) is 27.7 Å². The van der Waals surface area contributed by atoms with Gasteiger partial charge in [-0.05, 0) is 54.4 Å². The standard InChI is InChI=1S/C27H25N7O3S/c1-29-14-20(13-28)26-17-31-24-9-4-18(12-25(24)32-26)19-11-21(16-30-15-19)33-38(36,37)23-7-5-22(6-8-23)34-10-2-3-27(34)35/h4-9,11-17,28-29,33H,2-3,10H2,1H3/b20-14+,28-13?. The zero-order valence-electron chi connectivity index (χ0n) is 20.5. The summed E-state index contributed by atoms with van der Waals surface area (Å²) in [6.07, 6.45) is 8.88. The van der Waals surface area contributed by atoms with Crippen LogP contribution in [0.15, 0.2) is 78.2 Å². The molecule has 11 heteroatoms. The van der Waals surface area contributed by atoms with Crippen molar-refractivity contribution in [3.05, 3.63) is 79.0 Å². The maximum Gasteiger partial charge on any atom is 0.261 e. The van der Waals surface area contributed by atoms with Gasteiger partial charge in [0.25, 0.3) is 10.0 Å². The van der Waals surface area contributed by atoms with Gasteiger partial charge in [0.2, 0.25) is 5.91 Å². The number of aromatic nitrogens is 3. The first-order valence-electron chi connectivity index (χ1n) is 11.9. The van der Waals surface area contributed by atoms with E-state index in [1.807, 2.05) is 18.2 Å². The summed E-state index contributed by atoms with van der Waals surface area (Å²) in [5, 5.41) is 10.5. The molecule has 3 heterocycles. The van der Waals surface area contributed by atoms with Crippen LogP contribution in [0.5, 0.6) is 0 Å². The van der Waals surface area contributed by atoms with Crippen molar-refractivity contribution in [2.75, 3.05) is 23.2 Å². The van der Waals surface area contributed by atoms with Crippen LogP contribution in [-0.4, -0.2) is 49.1 Å². The van der Waals surface area contributed by atoms with E-state index in [0.717, 1.165) is 12.0 Å². The number of hydrogen-bond acceptors (Lipinski definition) is 8. The quantitative estimate of drug-likeness (QED) is 0.296. The Balaban J connectivity index is 1.40. The molecule has 5 rings (SSSR count). The molecule has 1 amide bonds. The van der Waals surface area contributed by atoms with Gasteiger partial charge in [-0.1, -0.05) is 6.07 Å². The molecule has 2 aromatic heterocycles. The van der Waals surface area contributed by atoms with Gasteiger partial charge in [0, 0.05) is 55.4 Å². The molecule has 38 heavy (non-hydrogen) atoms. The highest BCUT2D eigenvalue weighted by atomic mass is 32.2. The van der Waals surface area contributed by atoms with Crippen molar-refractivity contribution < 1.29 is 13.2 Å². The van der Waals surface area contributed by atoms with Gasteiger partial charge >= 0.3 is 0 Å². The summed E-state index contributed by atoms with van der Waals surface area (Å²) in [5.74, 6) is 0.0436. The SMILES string of the molecule is CN/C=C(\C=N)c1cnc2ccc(-c3cncc(NS(=O)(=O)c4ccc(N5CCCC5=O)cc4)c3)cc2n1. The zero-order chi connectivity index (χ0) is 26.7. The summed E-state index contributed by atoms with van der Waals surface area (Å²) < 4.78 is 28.7. The molecule has 0 atom stereocenters. The second-order valence-corrected chi connectivity index (χ2v) is 10.4. The lowest BCUT2D eigenvalue weighted by Crippen LogP contribution is -2.23. The van der Waals surface area contributed by atoms with E-state index in [0.29, 0.717) is 52.2 Å². The van der Waals surface area contributed by atoms with Crippen molar-refractivity contribution in [2.24, 2.45) is 0 Å². The van der Waals surface area contributed by atoms with Gasteiger partial charge in [-0.15, -0.1) is 0 Å². The van der Waals surface area contributed by atoms with Crippen LogP contribution in [0, 0.1) is 5.41 Å². The van der Waals surface area contributed by atoms with E-state index in [9.17, 15) is 13.2 Å². The number of sulfonamides is 1. The Bertz CT molecular complexity index is 1670. The minimum Gasteiger partial charge on any atom is -0.393 e. The summed E-state index contributed by atoms with van der Waals surface area (Å²) in [7, 11) is -2.13. The number of allylic oxidation sites excluding steroid dienone is 1. The summed E-state index contributed by atoms with van der Waals surface area (Å²) in [5.41, 5.74) is 4.94. The molecule has 0 radical (unpaired) electrons. The third-order valence-electron chi connectivity index (χ3n) is 6.15.